The number of ether oxygens (including phenoxy) is 2. The molecular formula is C11H13F2NO3. The van der Waals surface area contributed by atoms with Gasteiger partial charge in [0, 0.05) is 5.56 Å². The van der Waals surface area contributed by atoms with Gasteiger partial charge in [0.05, 0.1) is 6.10 Å². The molecule has 0 spiro atoms. The van der Waals surface area contributed by atoms with Crippen LogP contribution in [0, 0.1) is 0 Å². The summed E-state index contributed by atoms with van der Waals surface area (Å²) >= 11 is 0. The summed E-state index contributed by atoms with van der Waals surface area (Å²) in [7, 11) is 0. The molecule has 0 aliphatic rings. The molecule has 0 atom stereocenters. The second kappa shape index (κ2) is 5.47. The van der Waals surface area contributed by atoms with E-state index in [1.165, 1.54) is 18.2 Å². The third kappa shape index (κ3) is 3.90. The Labute approximate surface area is 97.3 Å². The normalized spacial score (nSPS) is 10.7. The first-order chi connectivity index (χ1) is 7.90. The number of carbonyl (C=O) groups excluding carboxylic acids is 1. The Hall–Kier alpha value is -1.85. The Balaban J connectivity index is 3.07. The maximum Gasteiger partial charge on any atom is 0.387 e. The van der Waals surface area contributed by atoms with Gasteiger partial charge in [0.15, 0.2) is 11.5 Å². The van der Waals surface area contributed by atoms with Crippen molar-refractivity contribution >= 4 is 5.91 Å². The maximum atomic E-state index is 12.1. The van der Waals surface area contributed by atoms with Crippen molar-refractivity contribution in [3.63, 3.8) is 0 Å². The first kappa shape index (κ1) is 13.2. The third-order valence-electron chi connectivity index (χ3n) is 1.81. The Kier molecular flexibility index (Phi) is 4.25. The van der Waals surface area contributed by atoms with E-state index >= 15 is 0 Å². The van der Waals surface area contributed by atoms with Gasteiger partial charge in [0.1, 0.15) is 0 Å². The van der Waals surface area contributed by atoms with Crippen LogP contribution in [0.5, 0.6) is 11.5 Å². The van der Waals surface area contributed by atoms with Crippen molar-refractivity contribution in [3.05, 3.63) is 23.8 Å². The fourth-order valence-corrected chi connectivity index (χ4v) is 1.20. The van der Waals surface area contributed by atoms with Crippen LogP contribution in [0.15, 0.2) is 18.2 Å². The molecule has 0 bridgehead atoms. The zero-order valence-electron chi connectivity index (χ0n) is 9.44. The molecule has 0 heterocycles. The van der Waals surface area contributed by atoms with Crippen LogP contribution in [0.4, 0.5) is 8.78 Å². The average Bonchev–Trinajstić information content (AvgIpc) is 2.18. The lowest BCUT2D eigenvalue weighted by Gasteiger charge is -2.15. The Bertz CT molecular complexity index is 408. The molecule has 0 unspecified atom stereocenters. The molecule has 6 heteroatoms. The third-order valence-corrected chi connectivity index (χ3v) is 1.81. The minimum Gasteiger partial charge on any atom is -0.487 e. The fourth-order valence-electron chi connectivity index (χ4n) is 1.20. The summed E-state index contributed by atoms with van der Waals surface area (Å²) in [6.45, 7) is 0.496. The Morgan fingerprint density at radius 1 is 1.24 bits per heavy atom. The molecule has 1 aromatic rings. The summed E-state index contributed by atoms with van der Waals surface area (Å²) in [5, 5.41) is 0. The first-order valence-corrected chi connectivity index (χ1v) is 4.95. The minimum atomic E-state index is -2.95. The molecule has 1 amide bonds. The zero-order valence-corrected chi connectivity index (χ0v) is 9.44. The standard InChI is InChI=1S/C11H13F2NO3/c1-6(2)16-9-5-7(10(14)15)3-4-8(9)17-11(12)13/h3-6,11H,1-2H3,(H2,14,15). The molecule has 2 N–H and O–H groups in total. The van der Waals surface area contributed by atoms with Crippen molar-refractivity contribution in [1.29, 1.82) is 0 Å². The van der Waals surface area contributed by atoms with Crippen LogP contribution < -0.4 is 15.2 Å². The number of hydrogen-bond donors (Lipinski definition) is 1. The van der Waals surface area contributed by atoms with Gasteiger partial charge in [-0.2, -0.15) is 8.78 Å². The SMILES string of the molecule is CC(C)Oc1cc(C(N)=O)ccc1OC(F)F. The van der Waals surface area contributed by atoms with Gasteiger partial charge in [-0.15, -0.1) is 0 Å². The smallest absolute Gasteiger partial charge is 0.387 e. The predicted molar refractivity (Wildman–Crippen MR) is 57.4 cm³/mol. The summed E-state index contributed by atoms with van der Waals surface area (Å²) in [5.41, 5.74) is 5.25. The molecule has 1 rings (SSSR count). The van der Waals surface area contributed by atoms with Gasteiger partial charge >= 0.3 is 6.61 Å². The van der Waals surface area contributed by atoms with Crippen LogP contribution in [0.1, 0.15) is 24.2 Å². The molecule has 0 saturated carbocycles. The number of nitrogens with two attached hydrogens (primary N) is 1. The quantitative estimate of drug-likeness (QED) is 0.864. The van der Waals surface area contributed by atoms with Crippen molar-refractivity contribution in [2.75, 3.05) is 0 Å². The highest BCUT2D eigenvalue weighted by molar-refractivity contribution is 5.93. The van der Waals surface area contributed by atoms with Crippen LogP contribution in [0.2, 0.25) is 0 Å². The molecule has 0 saturated heterocycles. The lowest BCUT2D eigenvalue weighted by atomic mass is 10.2. The van der Waals surface area contributed by atoms with E-state index in [1.807, 2.05) is 0 Å². The average molecular weight is 245 g/mol. The van der Waals surface area contributed by atoms with Crippen molar-refractivity contribution in [2.45, 2.75) is 26.6 Å². The summed E-state index contributed by atoms with van der Waals surface area (Å²) in [5.74, 6) is -0.725. The number of halogens is 2. The van der Waals surface area contributed by atoms with Crippen LogP contribution in [-0.4, -0.2) is 18.6 Å². The number of hydrogen-bond acceptors (Lipinski definition) is 3. The molecule has 1 aromatic carbocycles. The molecule has 0 aliphatic heterocycles. The summed E-state index contributed by atoms with van der Waals surface area (Å²) < 4.78 is 33.8. The largest absolute Gasteiger partial charge is 0.487 e. The number of benzene rings is 1. The van der Waals surface area contributed by atoms with Crippen molar-refractivity contribution in [1.82, 2.24) is 0 Å². The van der Waals surface area contributed by atoms with E-state index in [9.17, 15) is 13.6 Å². The zero-order chi connectivity index (χ0) is 13.0. The van der Waals surface area contributed by atoms with E-state index < -0.39 is 12.5 Å². The fraction of sp³-hybridized carbons (Fsp3) is 0.364. The highest BCUT2D eigenvalue weighted by atomic mass is 19.3. The Morgan fingerprint density at radius 3 is 2.35 bits per heavy atom. The van der Waals surface area contributed by atoms with E-state index in [0.29, 0.717) is 0 Å². The molecule has 0 aliphatic carbocycles. The van der Waals surface area contributed by atoms with Crippen LogP contribution in [-0.2, 0) is 0 Å². The molecular weight excluding hydrogens is 232 g/mol. The van der Waals surface area contributed by atoms with Gasteiger partial charge in [0.2, 0.25) is 5.91 Å². The first-order valence-electron chi connectivity index (χ1n) is 4.95. The molecule has 0 aromatic heterocycles. The summed E-state index contributed by atoms with van der Waals surface area (Å²) in [6.07, 6.45) is -0.238. The van der Waals surface area contributed by atoms with E-state index in [4.69, 9.17) is 10.5 Å². The number of rotatable bonds is 5. The van der Waals surface area contributed by atoms with Crippen molar-refractivity contribution < 1.29 is 23.0 Å². The monoisotopic (exact) mass is 245 g/mol. The maximum absolute atomic E-state index is 12.1. The van der Waals surface area contributed by atoms with Gasteiger partial charge in [0.25, 0.3) is 0 Å². The van der Waals surface area contributed by atoms with Gasteiger partial charge < -0.3 is 15.2 Å². The second-order valence-corrected chi connectivity index (χ2v) is 3.57. The Morgan fingerprint density at radius 2 is 1.88 bits per heavy atom. The lowest BCUT2D eigenvalue weighted by molar-refractivity contribution is -0.0518. The second-order valence-electron chi connectivity index (χ2n) is 3.57. The van der Waals surface area contributed by atoms with E-state index in [-0.39, 0.29) is 23.2 Å². The summed E-state index contributed by atoms with van der Waals surface area (Å²) in [4.78, 5) is 11.0. The van der Waals surface area contributed by atoms with Crippen molar-refractivity contribution in [2.24, 2.45) is 5.73 Å². The lowest BCUT2D eigenvalue weighted by Crippen LogP contribution is -2.13. The van der Waals surface area contributed by atoms with E-state index in [2.05, 4.69) is 4.74 Å². The van der Waals surface area contributed by atoms with Crippen molar-refractivity contribution in [3.8, 4) is 11.5 Å². The van der Waals surface area contributed by atoms with E-state index in [0.717, 1.165) is 0 Å². The van der Waals surface area contributed by atoms with Crippen LogP contribution >= 0.6 is 0 Å². The molecule has 94 valence electrons. The number of carbonyl (C=O) groups is 1. The number of alkyl halides is 2. The van der Waals surface area contributed by atoms with Gasteiger partial charge in [-0.25, -0.2) is 0 Å². The summed E-state index contributed by atoms with van der Waals surface area (Å²) in [6, 6.07) is 3.80. The molecule has 0 fully saturated rings. The molecule has 17 heavy (non-hydrogen) atoms. The van der Waals surface area contributed by atoms with Gasteiger partial charge in [-0.1, -0.05) is 0 Å². The minimum absolute atomic E-state index is 0.0663. The topological polar surface area (TPSA) is 61.5 Å². The van der Waals surface area contributed by atoms with E-state index in [1.54, 1.807) is 13.8 Å². The number of amides is 1. The highest BCUT2D eigenvalue weighted by Gasteiger charge is 2.14. The van der Waals surface area contributed by atoms with Gasteiger partial charge in [-0.05, 0) is 32.0 Å². The predicted octanol–water partition coefficient (Wildman–Crippen LogP) is 2.17. The van der Waals surface area contributed by atoms with Crippen LogP contribution in [0.25, 0.3) is 0 Å². The number of primary amides is 1. The van der Waals surface area contributed by atoms with Gasteiger partial charge in [-0.3, -0.25) is 4.79 Å². The highest BCUT2D eigenvalue weighted by Crippen LogP contribution is 2.30. The molecule has 4 nitrogen and oxygen atoms in total. The van der Waals surface area contributed by atoms with Crippen LogP contribution in [0.3, 0.4) is 0 Å². The molecule has 0 radical (unpaired) electrons.